The molecule has 8 nitrogen and oxygen atoms in total. The molecule has 0 spiro atoms. The van der Waals surface area contributed by atoms with Crippen molar-refractivity contribution in [1.29, 1.82) is 0 Å². The van der Waals surface area contributed by atoms with Gasteiger partial charge in [0.25, 0.3) is 5.91 Å². The highest BCUT2D eigenvalue weighted by atomic mass is 16.3. The summed E-state index contributed by atoms with van der Waals surface area (Å²) in [7, 11) is 1.60. The van der Waals surface area contributed by atoms with Gasteiger partial charge in [0, 0.05) is 39.1 Å². The predicted molar refractivity (Wildman–Crippen MR) is 84.8 cm³/mol. The summed E-state index contributed by atoms with van der Waals surface area (Å²) >= 11 is 0. The molecular weight excluding hydrogens is 310 g/mol. The molecular formula is C16H19N5O3. The van der Waals surface area contributed by atoms with Crippen LogP contribution in [0, 0.1) is 5.92 Å². The lowest BCUT2D eigenvalue weighted by Gasteiger charge is -2.17. The molecule has 2 aromatic heterocycles. The number of hydrogen-bond donors (Lipinski definition) is 2. The SMILES string of the molecule is CNC(=O)[C@H]1CN(Cc2cccnc2)C[C@@H]1NC(=O)c1cocn1. The predicted octanol–water partition coefficient (Wildman–Crippen LogP) is 0.0460. The van der Waals surface area contributed by atoms with Crippen molar-refractivity contribution in [2.24, 2.45) is 5.92 Å². The second-order valence-corrected chi connectivity index (χ2v) is 5.73. The summed E-state index contributed by atoms with van der Waals surface area (Å²) in [5.41, 5.74) is 1.27. The van der Waals surface area contributed by atoms with E-state index in [9.17, 15) is 9.59 Å². The number of pyridine rings is 1. The van der Waals surface area contributed by atoms with Crippen LogP contribution in [-0.4, -0.2) is 52.9 Å². The minimum atomic E-state index is -0.342. The topological polar surface area (TPSA) is 100 Å². The maximum atomic E-state index is 12.2. The molecule has 2 amide bonds. The molecule has 1 fully saturated rings. The van der Waals surface area contributed by atoms with E-state index in [0.29, 0.717) is 19.6 Å². The highest BCUT2D eigenvalue weighted by Crippen LogP contribution is 2.20. The van der Waals surface area contributed by atoms with Gasteiger partial charge in [-0.2, -0.15) is 0 Å². The van der Waals surface area contributed by atoms with Crippen molar-refractivity contribution >= 4 is 11.8 Å². The second kappa shape index (κ2) is 7.22. The smallest absolute Gasteiger partial charge is 0.273 e. The first-order valence-corrected chi connectivity index (χ1v) is 7.69. The number of hydrogen-bond acceptors (Lipinski definition) is 6. The van der Waals surface area contributed by atoms with Crippen LogP contribution in [0.5, 0.6) is 0 Å². The zero-order valence-corrected chi connectivity index (χ0v) is 13.3. The molecule has 3 rings (SSSR count). The Labute approximate surface area is 139 Å². The van der Waals surface area contributed by atoms with Crippen LogP contribution in [-0.2, 0) is 11.3 Å². The number of nitrogens with one attached hydrogen (secondary N) is 2. The van der Waals surface area contributed by atoms with Gasteiger partial charge in [-0.25, -0.2) is 4.98 Å². The lowest BCUT2D eigenvalue weighted by Crippen LogP contribution is -2.45. The molecule has 2 atom stereocenters. The standard InChI is InChI=1S/C16H19N5O3/c1-17-15(22)12-7-21(6-11-3-2-4-18-5-11)8-13(12)20-16(23)14-9-24-10-19-14/h2-5,9-10,12-13H,6-8H2,1H3,(H,17,22)(H,20,23)/t12-,13-/m0/s1. The van der Waals surface area contributed by atoms with Crippen molar-refractivity contribution in [3.8, 4) is 0 Å². The molecule has 2 aromatic rings. The molecule has 0 aliphatic carbocycles. The summed E-state index contributed by atoms with van der Waals surface area (Å²) in [6.07, 6.45) is 6.01. The Kier molecular flexibility index (Phi) is 4.85. The molecule has 0 saturated carbocycles. The number of nitrogens with zero attached hydrogens (tertiary/aromatic N) is 3. The van der Waals surface area contributed by atoms with E-state index in [4.69, 9.17) is 4.42 Å². The molecule has 0 aromatic carbocycles. The van der Waals surface area contributed by atoms with Gasteiger partial charge in [-0.1, -0.05) is 6.07 Å². The lowest BCUT2D eigenvalue weighted by atomic mass is 10.0. The van der Waals surface area contributed by atoms with E-state index in [-0.39, 0.29) is 29.5 Å². The van der Waals surface area contributed by atoms with Crippen LogP contribution in [0.25, 0.3) is 0 Å². The van der Waals surface area contributed by atoms with Crippen LogP contribution in [0.2, 0.25) is 0 Å². The van der Waals surface area contributed by atoms with E-state index in [1.165, 1.54) is 12.7 Å². The monoisotopic (exact) mass is 329 g/mol. The molecule has 0 bridgehead atoms. The van der Waals surface area contributed by atoms with Crippen molar-refractivity contribution in [2.75, 3.05) is 20.1 Å². The summed E-state index contributed by atoms with van der Waals surface area (Å²) in [6.45, 7) is 1.83. The molecule has 0 unspecified atom stereocenters. The van der Waals surface area contributed by atoms with Crippen molar-refractivity contribution in [2.45, 2.75) is 12.6 Å². The van der Waals surface area contributed by atoms with Crippen LogP contribution >= 0.6 is 0 Å². The van der Waals surface area contributed by atoms with Gasteiger partial charge in [0.05, 0.1) is 12.0 Å². The number of rotatable bonds is 5. The van der Waals surface area contributed by atoms with E-state index in [2.05, 4.69) is 25.5 Å². The van der Waals surface area contributed by atoms with Gasteiger partial charge in [0.1, 0.15) is 6.26 Å². The zero-order chi connectivity index (χ0) is 16.9. The molecule has 1 aliphatic heterocycles. The van der Waals surface area contributed by atoms with E-state index in [1.54, 1.807) is 19.4 Å². The van der Waals surface area contributed by atoms with Crippen LogP contribution in [0.3, 0.4) is 0 Å². The fraction of sp³-hybridized carbons (Fsp3) is 0.375. The van der Waals surface area contributed by atoms with Crippen molar-refractivity contribution < 1.29 is 14.0 Å². The zero-order valence-electron chi connectivity index (χ0n) is 13.3. The second-order valence-electron chi connectivity index (χ2n) is 5.73. The third-order valence-corrected chi connectivity index (χ3v) is 4.09. The summed E-state index contributed by atoms with van der Waals surface area (Å²) in [4.78, 5) is 34.4. The van der Waals surface area contributed by atoms with Crippen molar-refractivity contribution in [3.63, 3.8) is 0 Å². The average Bonchev–Trinajstić information content (AvgIpc) is 3.25. The fourth-order valence-electron chi connectivity index (χ4n) is 2.93. The van der Waals surface area contributed by atoms with Gasteiger partial charge in [0.2, 0.25) is 5.91 Å². The number of carbonyl (C=O) groups excluding carboxylic acids is 2. The number of carbonyl (C=O) groups is 2. The highest BCUT2D eigenvalue weighted by Gasteiger charge is 2.38. The van der Waals surface area contributed by atoms with E-state index in [1.807, 2.05) is 12.1 Å². The molecule has 24 heavy (non-hydrogen) atoms. The van der Waals surface area contributed by atoms with Gasteiger partial charge in [-0.15, -0.1) is 0 Å². The molecule has 1 saturated heterocycles. The minimum absolute atomic E-state index is 0.0888. The van der Waals surface area contributed by atoms with Crippen LogP contribution in [0.15, 0.2) is 41.6 Å². The molecule has 2 N–H and O–H groups in total. The van der Waals surface area contributed by atoms with Gasteiger partial charge in [0.15, 0.2) is 12.1 Å². The number of likely N-dealkylation sites (tertiary alicyclic amines) is 1. The minimum Gasteiger partial charge on any atom is -0.451 e. The van der Waals surface area contributed by atoms with Crippen LogP contribution < -0.4 is 10.6 Å². The molecule has 1 aliphatic rings. The Balaban J connectivity index is 1.68. The maximum Gasteiger partial charge on any atom is 0.273 e. The number of aromatic nitrogens is 2. The fourth-order valence-corrected chi connectivity index (χ4v) is 2.93. The first-order valence-electron chi connectivity index (χ1n) is 7.69. The largest absolute Gasteiger partial charge is 0.451 e. The quantitative estimate of drug-likeness (QED) is 0.804. The first-order chi connectivity index (χ1) is 11.7. The van der Waals surface area contributed by atoms with Gasteiger partial charge >= 0.3 is 0 Å². The Morgan fingerprint density at radius 2 is 2.29 bits per heavy atom. The summed E-state index contributed by atoms with van der Waals surface area (Å²) < 4.78 is 4.83. The summed E-state index contributed by atoms with van der Waals surface area (Å²) in [6, 6.07) is 3.58. The normalized spacial score (nSPS) is 20.7. The Bertz CT molecular complexity index is 689. The van der Waals surface area contributed by atoms with Crippen molar-refractivity contribution in [1.82, 2.24) is 25.5 Å². The highest BCUT2D eigenvalue weighted by molar-refractivity contribution is 5.92. The third-order valence-electron chi connectivity index (χ3n) is 4.09. The number of oxazole rings is 1. The summed E-state index contributed by atoms with van der Waals surface area (Å²) in [5.74, 6) is -0.748. The van der Waals surface area contributed by atoms with Crippen molar-refractivity contribution in [3.05, 3.63) is 48.4 Å². The van der Waals surface area contributed by atoms with Crippen LogP contribution in [0.1, 0.15) is 16.1 Å². The van der Waals surface area contributed by atoms with Gasteiger partial charge in [-0.05, 0) is 11.6 Å². The molecule has 126 valence electrons. The summed E-state index contributed by atoms with van der Waals surface area (Å²) in [5, 5.41) is 5.55. The average molecular weight is 329 g/mol. The third kappa shape index (κ3) is 3.60. The molecule has 8 heteroatoms. The van der Waals surface area contributed by atoms with E-state index < -0.39 is 0 Å². The molecule has 3 heterocycles. The number of amides is 2. The van der Waals surface area contributed by atoms with Gasteiger partial charge in [-0.3, -0.25) is 19.5 Å². The Morgan fingerprint density at radius 1 is 1.42 bits per heavy atom. The van der Waals surface area contributed by atoms with Gasteiger partial charge < -0.3 is 15.1 Å². The molecule has 0 radical (unpaired) electrons. The Morgan fingerprint density at radius 3 is 2.96 bits per heavy atom. The van der Waals surface area contributed by atoms with E-state index in [0.717, 1.165) is 5.56 Å². The Hall–Kier alpha value is -2.74. The van der Waals surface area contributed by atoms with E-state index >= 15 is 0 Å². The lowest BCUT2D eigenvalue weighted by molar-refractivity contribution is -0.124. The van der Waals surface area contributed by atoms with Crippen LogP contribution in [0.4, 0.5) is 0 Å². The maximum absolute atomic E-state index is 12.2. The first kappa shape index (κ1) is 16.1.